The summed E-state index contributed by atoms with van der Waals surface area (Å²) in [5.74, 6) is -0.422. The van der Waals surface area contributed by atoms with Gasteiger partial charge in [0.05, 0.1) is 0 Å². The molecule has 0 bridgehead atoms. The molecule has 2 aromatic carbocycles. The van der Waals surface area contributed by atoms with Gasteiger partial charge < -0.3 is 10.1 Å². The normalized spacial score (nSPS) is 11.6. The minimum atomic E-state index is -4.77. The molecular weight excluding hydrogens is 376 g/mol. The highest BCUT2D eigenvalue weighted by Gasteiger charge is 2.31. The van der Waals surface area contributed by atoms with Gasteiger partial charge in [0.1, 0.15) is 11.6 Å². The van der Waals surface area contributed by atoms with Crippen molar-refractivity contribution in [3.05, 3.63) is 72.7 Å². The first kappa shape index (κ1) is 17.8. The number of ether oxygens (including phenoxy) is 1. The molecule has 1 N–H and O–H groups in total. The third-order valence-corrected chi connectivity index (χ3v) is 3.84. The van der Waals surface area contributed by atoms with Gasteiger partial charge in [0.25, 0.3) is 0 Å². The van der Waals surface area contributed by atoms with Crippen LogP contribution in [-0.4, -0.2) is 21.0 Å². The van der Waals surface area contributed by atoms with E-state index in [1.54, 1.807) is 36.5 Å². The summed E-state index contributed by atoms with van der Waals surface area (Å²) in [4.78, 5) is 4.39. The Kier molecular flexibility index (Phi) is 4.34. The van der Waals surface area contributed by atoms with Crippen molar-refractivity contribution in [2.75, 3.05) is 5.32 Å². The van der Waals surface area contributed by atoms with Crippen LogP contribution in [0.4, 0.5) is 29.2 Å². The van der Waals surface area contributed by atoms with E-state index in [1.165, 1.54) is 34.8 Å². The molecule has 4 rings (SSSR count). The van der Waals surface area contributed by atoms with Gasteiger partial charge in [-0.1, -0.05) is 12.1 Å². The number of pyridine rings is 1. The first-order valence-electron chi connectivity index (χ1n) is 8.11. The zero-order valence-corrected chi connectivity index (χ0v) is 14.1. The number of fused-ring (bicyclic) bond motifs is 1. The topological polar surface area (TPSA) is 51.5 Å². The minimum absolute atomic E-state index is 0.266. The van der Waals surface area contributed by atoms with Gasteiger partial charge in [-0.15, -0.1) is 18.3 Å². The van der Waals surface area contributed by atoms with Crippen molar-refractivity contribution in [2.45, 2.75) is 6.36 Å². The summed E-state index contributed by atoms with van der Waals surface area (Å²) < 4.78 is 56.0. The number of hydrogen-bond acceptors (Lipinski definition) is 4. The fraction of sp³-hybridized carbons (Fsp3) is 0.0526. The Morgan fingerprint density at radius 3 is 2.50 bits per heavy atom. The van der Waals surface area contributed by atoms with Crippen LogP contribution in [0.15, 0.2) is 66.9 Å². The monoisotopic (exact) mass is 388 g/mol. The highest BCUT2D eigenvalue weighted by molar-refractivity contribution is 5.78. The predicted octanol–water partition coefficient (Wildman–Crippen LogP) is 5.18. The fourth-order valence-corrected chi connectivity index (χ4v) is 2.71. The Balaban J connectivity index is 1.69. The third-order valence-electron chi connectivity index (χ3n) is 3.84. The van der Waals surface area contributed by atoms with Crippen LogP contribution in [0.5, 0.6) is 5.75 Å². The molecule has 142 valence electrons. The molecule has 0 saturated heterocycles. The van der Waals surface area contributed by atoms with Gasteiger partial charge in [-0.25, -0.2) is 8.91 Å². The van der Waals surface area contributed by atoms with Crippen molar-refractivity contribution < 1.29 is 22.3 Å². The highest BCUT2D eigenvalue weighted by atomic mass is 19.4. The number of alkyl halides is 3. The maximum Gasteiger partial charge on any atom is 0.573 e. The number of aromatic nitrogens is 3. The van der Waals surface area contributed by atoms with E-state index in [-0.39, 0.29) is 17.5 Å². The number of rotatable bonds is 4. The summed E-state index contributed by atoms with van der Waals surface area (Å²) in [5, 5.41) is 7.25. The zero-order chi connectivity index (χ0) is 19.7. The smallest absolute Gasteiger partial charge is 0.406 e. The highest BCUT2D eigenvalue weighted by Crippen LogP contribution is 2.30. The molecule has 4 aromatic rings. The lowest BCUT2D eigenvalue weighted by Gasteiger charge is -2.10. The molecule has 0 spiro atoms. The van der Waals surface area contributed by atoms with E-state index in [0.29, 0.717) is 22.5 Å². The number of benzene rings is 2. The lowest BCUT2D eigenvalue weighted by atomic mass is 10.1. The summed E-state index contributed by atoms with van der Waals surface area (Å²) in [6, 6.07) is 14.7. The molecule has 2 aromatic heterocycles. The Hall–Kier alpha value is -3.62. The molecule has 0 fully saturated rings. The average molecular weight is 388 g/mol. The van der Waals surface area contributed by atoms with Gasteiger partial charge in [-0.3, -0.25) is 0 Å². The second-order valence-electron chi connectivity index (χ2n) is 5.83. The lowest BCUT2D eigenvalue weighted by molar-refractivity contribution is -0.274. The molecule has 0 atom stereocenters. The number of hydrogen-bond donors (Lipinski definition) is 1. The molecule has 5 nitrogen and oxygen atoms in total. The van der Waals surface area contributed by atoms with Gasteiger partial charge >= 0.3 is 6.36 Å². The van der Waals surface area contributed by atoms with Gasteiger partial charge in [-0.2, -0.15) is 4.98 Å². The molecule has 0 radical (unpaired) electrons. The molecule has 0 aliphatic heterocycles. The van der Waals surface area contributed by atoms with Crippen LogP contribution in [0.3, 0.4) is 0 Å². The molecule has 0 aliphatic carbocycles. The maximum absolute atomic E-state index is 13.0. The SMILES string of the molecule is Fc1ccc(Nc2nc3c(-c4cccc(OC(F)(F)F)c4)cccn3n2)cc1. The van der Waals surface area contributed by atoms with Crippen molar-refractivity contribution in [1.29, 1.82) is 0 Å². The van der Waals surface area contributed by atoms with Crippen molar-refractivity contribution in [1.82, 2.24) is 14.6 Å². The van der Waals surface area contributed by atoms with Crippen LogP contribution in [-0.2, 0) is 0 Å². The predicted molar refractivity (Wildman–Crippen MR) is 94.8 cm³/mol. The molecule has 0 unspecified atom stereocenters. The molecule has 0 aliphatic rings. The molecule has 0 amide bonds. The fourth-order valence-electron chi connectivity index (χ4n) is 2.71. The van der Waals surface area contributed by atoms with E-state index in [4.69, 9.17) is 0 Å². The van der Waals surface area contributed by atoms with Crippen LogP contribution < -0.4 is 10.1 Å². The first-order chi connectivity index (χ1) is 13.4. The van der Waals surface area contributed by atoms with E-state index in [9.17, 15) is 17.6 Å². The molecular formula is C19H12F4N4O. The van der Waals surface area contributed by atoms with Gasteiger partial charge in [-0.05, 0) is 54.1 Å². The van der Waals surface area contributed by atoms with Crippen molar-refractivity contribution in [3.63, 3.8) is 0 Å². The van der Waals surface area contributed by atoms with E-state index >= 15 is 0 Å². The second-order valence-corrected chi connectivity index (χ2v) is 5.83. The van der Waals surface area contributed by atoms with Crippen LogP contribution >= 0.6 is 0 Å². The van der Waals surface area contributed by atoms with E-state index in [1.807, 2.05) is 0 Å². The molecule has 0 saturated carbocycles. The van der Waals surface area contributed by atoms with Crippen LogP contribution in [0.1, 0.15) is 0 Å². The van der Waals surface area contributed by atoms with Crippen molar-refractivity contribution in [3.8, 4) is 16.9 Å². The summed E-state index contributed by atoms with van der Waals surface area (Å²) >= 11 is 0. The standard InChI is InChI=1S/C19H12F4N4O/c20-13-6-8-14(9-7-13)24-18-25-17-16(5-2-10-27(17)26-18)12-3-1-4-15(11-12)28-19(21,22)23/h1-11H,(H,24,26). The summed E-state index contributed by atoms with van der Waals surface area (Å²) in [5.41, 5.74) is 2.11. The summed E-state index contributed by atoms with van der Waals surface area (Å²) in [7, 11) is 0. The number of nitrogens with zero attached hydrogens (tertiary/aromatic N) is 3. The Morgan fingerprint density at radius 1 is 0.964 bits per heavy atom. The Labute approximate surface area is 156 Å². The first-order valence-corrected chi connectivity index (χ1v) is 8.11. The molecule has 2 heterocycles. The second kappa shape index (κ2) is 6.84. The van der Waals surface area contributed by atoms with E-state index < -0.39 is 6.36 Å². The van der Waals surface area contributed by atoms with E-state index in [2.05, 4.69) is 20.1 Å². The number of anilines is 2. The molecule has 28 heavy (non-hydrogen) atoms. The zero-order valence-electron chi connectivity index (χ0n) is 14.1. The van der Waals surface area contributed by atoms with Crippen molar-refractivity contribution in [2.24, 2.45) is 0 Å². The average Bonchev–Trinajstić information content (AvgIpc) is 3.05. The Bertz CT molecular complexity index is 1120. The molecule has 9 heteroatoms. The lowest BCUT2D eigenvalue weighted by Crippen LogP contribution is -2.17. The van der Waals surface area contributed by atoms with E-state index in [0.717, 1.165) is 0 Å². The minimum Gasteiger partial charge on any atom is -0.406 e. The van der Waals surface area contributed by atoms with Gasteiger partial charge in [0.2, 0.25) is 5.95 Å². The third kappa shape index (κ3) is 3.88. The van der Waals surface area contributed by atoms with Crippen molar-refractivity contribution >= 4 is 17.3 Å². The maximum atomic E-state index is 13.0. The summed E-state index contributed by atoms with van der Waals surface area (Å²) in [6.07, 6.45) is -3.11. The Morgan fingerprint density at radius 2 is 1.75 bits per heavy atom. The number of nitrogens with one attached hydrogen (secondary N) is 1. The quantitative estimate of drug-likeness (QED) is 0.490. The van der Waals surface area contributed by atoms with Crippen LogP contribution in [0.2, 0.25) is 0 Å². The van der Waals surface area contributed by atoms with Gasteiger partial charge in [0, 0.05) is 17.4 Å². The summed E-state index contributed by atoms with van der Waals surface area (Å²) in [6.45, 7) is 0. The van der Waals surface area contributed by atoms with Gasteiger partial charge in [0.15, 0.2) is 5.65 Å². The number of halogens is 4. The van der Waals surface area contributed by atoms with Crippen LogP contribution in [0.25, 0.3) is 16.8 Å². The largest absolute Gasteiger partial charge is 0.573 e. The van der Waals surface area contributed by atoms with Crippen LogP contribution in [0, 0.1) is 5.82 Å².